The fourth-order valence-corrected chi connectivity index (χ4v) is 3.01. The minimum absolute atomic E-state index is 0.0624. The van der Waals surface area contributed by atoms with Gasteiger partial charge in [0.2, 0.25) is 0 Å². The van der Waals surface area contributed by atoms with Crippen molar-refractivity contribution in [1.29, 1.82) is 0 Å². The lowest BCUT2D eigenvalue weighted by Crippen LogP contribution is -2.42. The third-order valence-electron chi connectivity index (χ3n) is 4.17. The van der Waals surface area contributed by atoms with Crippen LogP contribution in [-0.4, -0.2) is 30.6 Å². The highest BCUT2D eigenvalue weighted by Crippen LogP contribution is 2.17. The summed E-state index contributed by atoms with van der Waals surface area (Å²) in [4.78, 5) is 2.51. The van der Waals surface area contributed by atoms with Crippen molar-refractivity contribution in [2.75, 3.05) is 19.6 Å². The summed E-state index contributed by atoms with van der Waals surface area (Å²) in [6.07, 6.45) is 1.17. The highest BCUT2D eigenvalue weighted by molar-refractivity contribution is 5.30. The van der Waals surface area contributed by atoms with Crippen molar-refractivity contribution < 1.29 is 4.39 Å². The summed E-state index contributed by atoms with van der Waals surface area (Å²) < 4.78 is 13.7. The first kappa shape index (κ1) is 15.5. The number of hydrogen-bond acceptors (Lipinski definition) is 2. The molecule has 2 atom stereocenters. The van der Waals surface area contributed by atoms with Crippen LogP contribution >= 0.6 is 0 Å². The molecule has 20 heavy (non-hydrogen) atoms. The monoisotopic (exact) mass is 278 g/mol. The summed E-state index contributed by atoms with van der Waals surface area (Å²) in [5, 5.41) is 3.57. The quantitative estimate of drug-likeness (QED) is 0.893. The van der Waals surface area contributed by atoms with E-state index in [-0.39, 0.29) is 5.82 Å². The van der Waals surface area contributed by atoms with Gasteiger partial charge in [0, 0.05) is 19.1 Å². The molecule has 1 N–H and O–H groups in total. The zero-order valence-corrected chi connectivity index (χ0v) is 13.2. The molecule has 2 nitrogen and oxygen atoms in total. The van der Waals surface area contributed by atoms with Crippen molar-refractivity contribution in [3.63, 3.8) is 0 Å². The summed E-state index contributed by atoms with van der Waals surface area (Å²) >= 11 is 0. The maximum Gasteiger partial charge on any atom is 0.129 e. The van der Waals surface area contributed by atoms with Crippen LogP contribution in [-0.2, 0) is 6.54 Å². The molecule has 0 aromatic heterocycles. The predicted octanol–water partition coefficient (Wildman–Crippen LogP) is 3.26. The Labute approximate surface area is 122 Å². The molecule has 1 aliphatic heterocycles. The number of benzene rings is 1. The Morgan fingerprint density at radius 1 is 1.25 bits per heavy atom. The second-order valence-electron chi connectivity index (χ2n) is 6.48. The summed E-state index contributed by atoms with van der Waals surface area (Å²) in [6, 6.07) is 4.57. The molecule has 0 radical (unpaired) electrons. The SMILES string of the molecule is Cc1cc(CN2CCC(C)NCC(C)C2)cc(C)c1F. The first-order chi connectivity index (χ1) is 9.45. The average molecular weight is 278 g/mol. The number of rotatable bonds is 2. The highest BCUT2D eigenvalue weighted by Gasteiger charge is 2.17. The molecule has 1 aromatic carbocycles. The second-order valence-corrected chi connectivity index (χ2v) is 6.48. The first-order valence-corrected chi connectivity index (χ1v) is 7.67. The van der Waals surface area contributed by atoms with E-state index in [4.69, 9.17) is 0 Å². The van der Waals surface area contributed by atoms with E-state index < -0.39 is 0 Å². The lowest BCUT2D eigenvalue weighted by molar-refractivity contribution is 0.195. The molecule has 0 bridgehead atoms. The van der Waals surface area contributed by atoms with Gasteiger partial charge in [0.25, 0.3) is 0 Å². The Bertz CT molecular complexity index is 435. The summed E-state index contributed by atoms with van der Waals surface area (Å²) in [5.74, 6) is 0.591. The third kappa shape index (κ3) is 4.03. The highest BCUT2D eigenvalue weighted by atomic mass is 19.1. The van der Waals surface area contributed by atoms with Crippen LogP contribution in [0.3, 0.4) is 0 Å². The smallest absolute Gasteiger partial charge is 0.129 e. The van der Waals surface area contributed by atoms with Crippen LogP contribution in [0.2, 0.25) is 0 Å². The van der Waals surface area contributed by atoms with Crippen LogP contribution < -0.4 is 5.32 Å². The van der Waals surface area contributed by atoms with Crippen LogP contribution in [0.1, 0.15) is 37.0 Å². The molecule has 112 valence electrons. The van der Waals surface area contributed by atoms with E-state index in [1.165, 1.54) is 12.0 Å². The lowest BCUT2D eigenvalue weighted by Gasteiger charge is -2.31. The molecule has 0 spiro atoms. The van der Waals surface area contributed by atoms with Gasteiger partial charge in [-0.1, -0.05) is 19.1 Å². The minimum Gasteiger partial charge on any atom is -0.314 e. The normalized spacial score (nSPS) is 25.2. The minimum atomic E-state index is -0.0624. The number of aryl methyl sites for hydroxylation is 2. The van der Waals surface area contributed by atoms with E-state index in [1.807, 2.05) is 26.0 Å². The van der Waals surface area contributed by atoms with E-state index >= 15 is 0 Å². The Morgan fingerprint density at radius 2 is 1.90 bits per heavy atom. The average Bonchev–Trinajstić information content (AvgIpc) is 2.38. The summed E-state index contributed by atoms with van der Waals surface area (Å²) in [5.41, 5.74) is 2.75. The standard InChI is InChI=1S/C17H27FN2/c1-12-9-19-15(4)5-6-20(10-12)11-16-7-13(2)17(18)14(3)8-16/h7-8,12,15,19H,5-6,9-11H2,1-4H3. The van der Waals surface area contributed by atoms with Crippen molar-refractivity contribution in [3.8, 4) is 0 Å². The molecule has 0 saturated carbocycles. The molecule has 0 amide bonds. The maximum atomic E-state index is 13.7. The van der Waals surface area contributed by atoms with Crippen molar-refractivity contribution in [1.82, 2.24) is 10.2 Å². The zero-order valence-electron chi connectivity index (χ0n) is 13.2. The molecule has 0 aliphatic carbocycles. The van der Waals surface area contributed by atoms with Gasteiger partial charge in [-0.2, -0.15) is 0 Å². The number of nitrogens with one attached hydrogen (secondary N) is 1. The summed E-state index contributed by atoms with van der Waals surface area (Å²) in [7, 11) is 0. The van der Waals surface area contributed by atoms with Gasteiger partial charge in [0.05, 0.1) is 0 Å². The number of nitrogens with zero attached hydrogens (tertiary/aromatic N) is 1. The largest absolute Gasteiger partial charge is 0.314 e. The Balaban J connectivity index is 2.07. The van der Waals surface area contributed by atoms with Crippen molar-refractivity contribution in [2.45, 2.75) is 46.7 Å². The van der Waals surface area contributed by atoms with Crippen LogP contribution in [0.25, 0.3) is 0 Å². The molecule has 1 fully saturated rings. The molecule has 2 rings (SSSR count). The molecule has 1 heterocycles. The Morgan fingerprint density at radius 3 is 2.55 bits per heavy atom. The number of halogens is 1. The molecule has 1 aromatic rings. The van der Waals surface area contributed by atoms with E-state index in [2.05, 4.69) is 24.1 Å². The van der Waals surface area contributed by atoms with E-state index in [0.717, 1.165) is 37.3 Å². The van der Waals surface area contributed by atoms with Crippen molar-refractivity contribution >= 4 is 0 Å². The predicted molar refractivity (Wildman–Crippen MR) is 82.4 cm³/mol. The molecule has 1 saturated heterocycles. The third-order valence-corrected chi connectivity index (χ3v) is 4.17. The van der Waals surface area contributed by atoms with Gasteiger partial charge >= 0.3 is 0 Å². The van der Waals surface area contributed by atoms with E-state index in [9.17, 15) is 4.39 Å². The van der Waals surface area contributed by atoms with Gasteiger partial charge in [-0.15, -0.1) is 0 Å². The maximum absolute atomic E-state index is 13.7. The van der Waals surface area contributed by atoms with E-state index in [0.29, 0.717) is 12.0 Å². The molecule has 2 unspecified atom stereocenters. The molecule has 3 heteroatoms. The van der Waals surface area contributed by atoms with Crippen LogP contribution in [0.15, 0.2) is 12.1 Å². The first-order valence-electron chi connectivity index (χ1n) is 7.67. The van der Waals surface area contributed by atoms with Crippen molar-refractivity contribution in [3.05, 3.63) is 34.6 Å². The van der Waals surface area contributed by atoms with E-state index in [1.54, 1.807) is 0 Å². The van der Waals surface area contributed by atoms with Gasteiger partial charge in [-0.25, -0.2) is 4.39 Å². The Hall–Kier alpha value is -0.930. The molecule has 1 aliphatic rings. The van der Waals surface area contributed by atoms with Crippen molar-refractivity contribution in [2.24, 2.45) is 5.92 Å². The zero-order chi connectivity index (χ0) is 14.7. The fraction of sp³-hybridized carbons (Fsp3) is 0.647. The summed E-state index contributed by atoms with van der Waals surface area (Å²) in [6.45, 7) is 12.5. The lowest BCUT2D eigenvalue weighted by atomic mass is 10.0. The van der Waals surface area contributed by atoms with Crippen LogP contribution in [0.4, 0.5) is 4.39 Å². The van der Waals surface area contributed by atoms with Gasteiger partial charge in [0.15, 0.2) is 0 Å². The molecular formula is C17H27FN2. The second kappa shape index (κ2) is 6.68. The fourth-order valence-electron chi connectivity index (χ4n) is 3.01. The van der Waals surface area contributed by atoms with Gasteiger partial charge in [-0.3, -0.25) is 4.90 Å². The van der Waals surface area contributed by atoms with Crippen LogP contribution in [0.5, 0.6) is 0 Å². The van der Waals surface area contributed by atoms with Crippen LogP contribution in [0, 0.1) is 25.6 Å². The van der Waals surface area contributed by atoms with Gasteiger partial charge in [0.1, 0.15) is 5.82 Å². The van der Waals surface area contributed by atoms with Gasteiger partial charge < -0.3 is 5.32 Å². The number of hydrogen-bond donors (Lipinski definition) is 1. The Kier molecular flexibility index (Phi) is 5.17. The molecular weight excluding hydrogens is 251 g/mol. The van der Waals surface area contributed by atoms with Gasteiger partial charge in [-0.05, 0) is 62.9 Å². The topological polar surface area (TPSA) is 15.3 Å².